The molecule has 0 aliphatic carbocycles. The number of rotatable bonds is 6. The first kappa shape index (κ1) is 19.0. The molecule has 2 rings (SSSR count). The predicted molar refractivity (Wildman–Crippen MR) is 81.7 cm³/mol. The summed E-state index contributed by atoms with van der Waals surface area (Å²) in [7, 11) is 0. The van der Waals surface area contributed by atoms with Crippen molar-refractivity contribution in [2.45, 2.75) is 51.3 Å². The number of nitrogens with zero attached hydrogens (tertiary/aromatic N) is 1. The zero-order valence-electron chi connectivity index (χ0n) is 13.7. The summed E-state index contributed by atoms with van der Waals surface area (Å²) in [5.74, 6) is -0.854. The van der Waals surface area contributed by atoms with Gasteiger partial charge in [0.05, 0.1) is 6.42 Å². The number of ether oxygens (including phenoxy) is 2. The van der Waals surface area contributed by atoms with Gasteiger partial charge >= 0.3 is 11.7 Å². The third kappa shape index (κ3) is 4.40. The van der Waals surface area contributed by atoms with Crippen LogP contribution >= 0.6 is 0 Å². The molecule has 138 valence electrons. The third-order valence-electron chi connectivity index (χ3n) is 3.80. The lowest BCUT2D eigenvalue weighted by molar-refractivity contribution is -0.151. The Balaban J connectivity index is 2.05. The molecule has 1 aliphatic rings. The van der Waals surface area contributed by atoms with Gasteiger partial charge in [-0.2, -0.15) is 0 Å². The Morgan fingerprint density at radius 2 is 2.08 bits per heavy atom. The Hall–Kier alpha value is -2.33. The Bertz CT molecular complexity index is 772. The van der Waals surface area contributed by atoms with Gasteiger partial charge < -0.3 is 19.4 Å². The van der Waals surface area contributed by atoms with E-state index in [2.05, 4.69) is 0 Å². The van der Waals surface area contributed by atoms with Gasteiger partial charge in [-0.3, -0.25) is 19.1 Å². The second-order valence-electron chi connectivity index (χ2n) is 5.86. The zero-order valence-corrected chi connectivity index (χ0v) is 13.7. The highest BCUT2D eigenvalue weighted by atomic mass is 19.1. The standard InChI is InChI=1S/C15H19FN2O7/c1-7-5-18(15(23)17-13(7)22)14-11(16)12(21)9(25-14)6-24-10(20)4-3-8(2)19/h5,9,11-12,14,21H,3-4,6H2,1-2H3,(H,17,22,23)/t9-,11+,12-,14+/m1/s1. The Morgan fingerprint density at radius 1 is 1.40 bits per heavy atom. The van der Waals surface area contributed by atoms with Crippen LogP contribution in [0.3, 0.4) is 0 Å². The average molecular weight is 358 g/mol. The van der Waals surface area contributed by atoms with Crippen molar-refractivity contribution in [2.24, 2.45) is 0 Å². The molecule has 1 saturated heterocycles. The molecule has 1 aromatic rings. The highest BCUT2D eigenvalue weighted by Gasteiger charge is 2.46. The number of esters is 1. The van der Waals surface area contributed by atoms with E-state index in [1.54, 1.807) is 0 Å². The number of ketones is 1. The number of carbonyl (C=O) groups excluding carboxylic acids is 2. The smallest absolute Gasteiger partial charge is 0.330 e. The largest absolute Gasteiger partial charge is 0.463 e. The van der Waals surface area contributed by atoms with E-state index in [9.17, 15) is 28.7 Å². The van der Waals surface area contributed by atoms with Crippen LogP contribution in [0.2, 0.25) is 0 Å². The number of halogens is 1. The van der Waals surface area contributed by atoms with E-state index >= 15 is 0 Å². The molecule has 0 spiro atoms. The molecule has 0 aromatic carbocycles. The molecule has 0 bridgehead atoms. The lowest BCUT2D eigenvalue weighted by Gasteiger charge is -2.16. The SMILES string of the molecule is CC(=O)CCC(=O)OC[C@H]1O[C@H](n2cc(C)c(=O)[nH]c2=O)[C@@H](F)[C@@H]1O. The summed E-state index contributed by atoms with van der Waals surface area (Å²) in [5, 5.41) is 9.90. The molecule has 2 heterocycles. The highest BCUT2D eigenvalue weighted by Crippen LogP contribution is 2.31. The molecule has 1 aliphatic heterocycles. The van der Waals surface area contributed by atoms with Crippen LogP contribution in [0.5, 0.6) is 0 Å². The van der Waals surface area contributed by atoms with E-state index in [-0.39, 0.29) is 24.2 Å². The minimum absolute atomic E-state index is 0.0212. The molecule has 0 radical (unpaired) electrons. The van der Waals surface area contributed by atoms with Crippen LogP contribution in [0.25, 0.3) is 0 Å². The van der Waals surface area contributed by atoms with Crippen LogP contribution in [-0.2, 0) is 19.1 Å². The third-order valence-corrected chi connectivity index (χ3v) is 3.80. The molecule has 0 unspecified atom stereocenters. The van der Waals surface area contributed by atoms with Gasteiger partial charge in [-0.1, -0.05) is 0 Å². The number of Topliss-reactive ketones (excluding diaryl/α,β-unsaturated/α-hetero) is 1. The number of H-pyrrole nitrogens is 1. The van der Waals surface area contributed by atoms with Gasteiger partial charge in [-0.15, -0.1) is 0 Å². The first-order chi connectivity index (χ1) is 11.7. The van der Waals surface area contributed by atoms with Crippen molar-refractivity contribution < 1.29 is 28.6 Å². The number of aryl methyl sites for hydroxylation is 1. The maximum absolute atomic E-state index is 14.3. The van der Waals surface area contributed by atoms with Gasteiger partial charge in [0.2, 0.25) is 0 Å². The Morgan fingerprint density at radius 3 is 2.72 bits per heavy atom. The molecule has 1 aromatic heterocycles. The summed E-state index contributed by atoms with van der Waals surface area (Å²) in [4.78, 5) is 47.5. The van der Waals surface area contributed by atoms with Crippen molar-refractivity contribution in [1.82, 2.24) is 9.55 Å². The second kappa shape index (κ2) is 7.70. The summed E-state index contributed by atoms with van der Waals surface area (Å²) < 4.78 is 25.3. The summed E-state index contributed by atoms with van der Waals surface area (Å²) >= 11 is 0. The van der Waals surface area contributed by atoms with Crippen LogP contribution in [0, 0.1) is 6.92 Å². The Kier molecular flexibility index (Phi) is 5.85. The van der Waals surface area contributed by atoms with Crippen LogP contribution in [-0.4, -0.2) is 51.4 Å². The normalized spacial score (nSPS) is 25.8. The molecular weight excluding hydrogens is 339 g/mol. The fourth-order valence-corrected chi connectivity index (χ4v) is 2.37. The number of nitrogens with one attached hydrogen (secondary N) is 1. The number of aliphatic hydroxyl groups excluding tert-OH is 1. The monoisotopic (exact) mass is 358 g/mol. The van der Waals surface area contributed by atoms with Crippen molar-refractivity contribution in [3.05, 3.63) is 32.6 Å². The van der Waals surface area contributed by atoms with Crippen LogP contribution < -0.4 is 11.2 Å². The van der Waals surface area contributed by atoms with E-state index in [0.717, 1.165) is 10.8 Å². The van der Waals surface area contributed by atoms with Crippen LogP contribution in [0.1, 0.15) is 31.6 Å². The molecule has 1 fully saturated rings. The molecule has 9 nitrogen and oxygen atoms in total. The van der Waals surface area contributed by atoms with E-state index in [1.807, 2.05) is 4.98 Å². The average Bonchev–Trinajstić information content (AvgIpc) is 2.82. The zero-order chi connectivity index (χ0) is 18.7. The maximum Gasteiger partial charge on any atom is 0.330 e. The van der Waals surface area contributed by atoms with Crippen molar-refractivity contribution in [2.75, 3.05) is 6.61 Å². The Labute approximate surface area is 141 Å². The fraction of sp³-hybridized carbons (Fsp3) is 0.600. The number of hydrogen-bond acceptors (Lipinski definition) is 7. The number of aromatic amines is 1. The minimum atomic E-state index is -1.95. The van der Waals surface area contributed by atoms with Crippen molar-refractivity contribution in [1.29, 1.82) is 0 Å². The molecule has 2 N–H and O–H groups in total. The lowest BCUT2D eigenvalue weighted by atomic mass is 10.1. The first-order valence-electron chi connectivity index (χ1n) is 7.65. The van der Waals surface area contributed by atoms with Gasteiger partial charge in [-0.05, 0) is 13.8 Å². The number of alkyl halides is 1. The topological polar surface area (TPSA) is 128 Å². The molecular formula is C15H19FN2O7. The minimum Gasteiger partial charge on any atom is -0.463 e. The summed E-state index contributed by atoms with van der Waals surface area (Å²) in [5.41, 5.74) is -1.32. The van der Waals surface area contributed by atoms with Gasteiger partial charge in [-0.25, -0.2) is 9.18 Å². The summed E-state index contributed by atoms with van der Waals surface area (Å²) in [6.07, 6.45) is -5.19. The van der Waals surface area contributed by atoms with Gasteiger partial charge in [0, 0.05) is 18.2 Å². The van der Waals surface area contributed by atoms with E-state index in [4.69, 9.17) is 9.47 Å². The van der Waals surface area contributed by atoms with Gasteiger partial charge in [0.15, 0.2) is 12.4 Å². The van der Waals surface area contributed by atoms with Crippen LogP contribution in [0.4, 0.5) is 4.39 Å². The van der Waals surface area contributed by atoms with Crippen molar-refractivity contribution in [3.8, 4) is 0 Å². The fourth-order valence-electron chi connectivity index (χ4n) is 2.37. The number of aromatic nitrogens is 2. The van der Waals surface area contributed by atoms with Crippen molar-refractivity contribution >= 4 is 11.8 Å². The molecule has 10 heteroatoms. The summed E-state index contributed by atoms with van der Waals surface area (Å²) in [6, 6.07) is 0. The molecule has 4 atom stereocenters. The first-order valence-corrected chi connectivity index (χ1v) is 7.65. The maximum atomic E-state index is 14.3. The number of hydrogen-bond donors (Lipinski definition) is 2. The highest BCUT2D eigenvalue weighted by molar-refractivity contribution is 5.80. The second-order valence-corrected chi connectivity index (χ2v) is 5.86. The number of aliphatic hydroxyl groups is 1. The van der Waals surface area contributed by atoms with E-state index in [0.29, 0.717) is 0 Å². The quantitative estimate of drug-likeness (QED) is 0.647. The molecule has 0 saturated carbocycles. The van der Waals surface area contributed by atoms with Crippen molar-refractivity contribution in [3.63, 3.8) is 0 Å². The van der Waals surface area contributed by atoms with Gasteiger partial charge in [0.25, 0.3) is 5.56 Å². The van der Waals surface area contributed by atoms with E-state index < -0.39 is 48.4 Å². The van der Waals surface area contributed by atoms with Crippen LogP contribution in [0.15, 0.2) is 15.8 Å². The number of carbonyl (C=O) groups is 2. The molecule has 0 amide bonds. The summed E-state index contributed by atoms with van der Waals surface area (Å²) in [6.45, 7) is 2.34. The molecule has 25 heavy (non-hydrogen) atoms. The lowest BCUT2D eigenvalue weighted by Crippen LogP contribution is -2.36. The van der Waals surface area contributed by atoms with Gasteiger partial charge in [0.1, 0.15) is 24.6 Å². The predicted octanol–water partition coefficient (Wildman–Crippen LogP) is -0.646. The van der Waals surface area contributed by atoms with E-state index in [1.165, 1.54) is 13.8 Å².